The molecule has 0 aliphatic carbocycles. The van der Waals surface area contributed by atoms with E-state index in [0.29, 0.717) is 0 Å². The second-order valence-electron chi connectivity index (χ2n) is 5.72. The lowest BCUT2D eigenvalue weighted by atomic mass is 9.92. The number of hydroxylamine groups is 2. The molecule has 0 aromatic carbocycles. The largest absolute Gasteiger partial charge is 0.444 e. The zero-order valence-corrected chi connectivity index (χ0v) is 12.3. The van der Waals surface area contributed by atoms with Gasteiger partial charge in [0.15, 0.2) is 0 Å². The molecule has 0 fully saturated rings. The van der Waals surface area contributed by atoms with E-state index in [1.165, 1.54) is 14.2 Å². The second kappa shape index (κ2) is 6.04. The molecule has 0 heterocycles. The summed E-state index contributed by atoms with van der Waals surface area (Å²) in [5.41, 5.74) is -1.32. The van der Waals surface area contributed by atoms with Gasteiger partial charge < -0.3 is 10.1 Å². The quantitative estimate of drug-likeness (QED) is 0.779. The van der Waals surface area contributed by atoms with E-state index in [9.17, 15) is 9.59 Å². The van der Waals surface area contributed by atoms with Gasteiger partial charge in [-0.25, -0.2) is 9.86 Å². The summed E-state index contributed by atoms with van der Waals surface area (Å²) in [7, 11) is 2.94. The number of nitrogens with one attached hydrogen (secondary N) is 1. The van der Waals surface area contributed by atoms with Crippen molar-refractivity contribution in [1.29, 1.82) is 0 Å². The smallest absolute Gasteiger partial charge is 0.407 e. The van der Waals surface area contributed by atoms with E-state index in [4.69, 9.17) is 9.57 Å². The molecule has 6 heteroatoms. The number of carbonyl (C=O) groups excluding carboxylic acids is 2. The molecule has 0 unspecified atom stereocenters. The first-order valence-electron chi connectivity index (χ1n) is 5.79. The Kier molecular flexibility index (Phi) is 5.60. The molecule has 0 aliphatic heterocycles. The van der Waals surface area contributed by atoms with Crippen LogP contribution in [0.1, 0.15) is 34.6 Å². The Labute approximate surface area is 109 Å². The topological polar surface area (TPSA) is 67.9 Å². The zero-order valence-electron chi connectivity index (χ0n) is 12.3. The highest BCUT2D eigenvalue weighted by atomic mass is 16.7. The third-order valence-corrected chi connectivity index (χ3v) is 2.21. The molecule has 0 aromatic rings. The van der Waals surface area contributed by atoms with Crippen LogP contribution < -0.4 is 5.32 Å². The summed E-state index contributed by atoms with van der Waals surface area (Å²) in [4.78, 5) is 28.2. The number of nitrogens with zero attached hydrogens (tertiary/aromatic N) is 1. The number of ether oxygens (including phenoxy) is 1. The summed E-state index contributed by atoms with van der Waals surface area (Å²) in [6, 6.07) is 0. The van der Waals surface area contributed by atoms with Crippen LogP contribution in [0, 0.1) is 5.41 Å². The minimum Gasteiger partial charge on any atom is -0.444 e. The van der Waals surface area contributed by atoms with E-state index in [2.05, 4.69) is 5.32 Å². The molecule has 0 radical (unpaired) electrons. The van der Waals surface area contributed by atoms with Crippen molar-refractivity contribution in [3.8, 4) is 0 Å². The van der Waals surface area contributed by atoms with Gasteiger partial charge in [-0.2, -0.15) is 0 Å². The predicted octanol–water partition coefficient (Wildman–Crippen LogP) is 1.56. The molecule has 0 rings (SSSR count). The van der Waals surface area contributed by atoms with Gasteiger partial charge in [0.1, 0.15) is 5.60 Å². The standard InChI is InChI=1S/C12H24N2O4/c1-11(2,3)18-10(16)13-8-12(4,5)9(15)14(6)17-7/h8H2,1-7H3,(H,13,16). The molecule has 0 saturated heterocycles. The number of hydrogen-bond acceptors (Lipinski definition) is 4. The van der Waals surface area contributed by atoms with Crippen LogP contribution in [0.5, 0.6) is 0 Å². The molecule has 1 N–H and O–H groups in total. The Morgan fingerprint density at radius 1 is 1.17 bits per heavy atom. The van der Waals surface area contributed by atoms with Crippen LogP contribution >= 0.6 is 0 Å². The maximum absolute atomic E-state index is 11.9. The van der Waals surface area contributed by atoms with E-state index in [0.717, 1.165) is 5.06 Å². The fourth-order valence-electron chi connectivity index (χ4n) is 1.19. The van der Waals surface area contributed by atoms with E-state index in [1.807, 2.05) is 0 Å². The number of hydrogen-bond donors (Lipinski definition) is 1. The molecule has 0 aromatic heterocycles. The van der Waals surface area contributed by atoms with Crippen molar-refractivity contribution >= 4 is 12.0 Å². The van der Waals surface area contributed by atoms with Gasteiger partial charge in [0, 0.05) is 13.6 Å². The lowest BCUT2D eigenvalue weighted by Crippen LogP contribution is -2.46. The number of carbonyl (C=O) groups is 2. The first-order valence-corrected chi connectivity index (χ1v) is 5.79. The Morgan fingerprint density at radius 3 is 2.06 bits per heavy atom. The molecular formula is C12H24N2O4. The average molecular weight is 260 g/mol. The molecular weight excluding hydrogens is 236 g/mol. The molecule has 2 amide bonds. The molecule has 0 bridgehead atoms. The third kappa shape index (κ3) is 5.86. The number of alkyl carbamates (subject to hydrolysis) is 1. The highest BCUT2D eigenvalue weighted by Gasteiger charge is 2.32. The maximum Gasteiger partial charge on any atom is 0.407 e. The Hall–Kier alpha value is -1.30. The monoisotopic (exact) mass is 260 g/mol. The molecule has 106 valence electrons. The van der Waals surface area contributed by atoms with Gasteiger partial charge in [-0.3, -0.25) is 9.63 Å². The van der Waals surface area contributed by atoms with Crippen molar-refractivity contribution in [3.63, 3.8) is 0 Å². The first kappa shape index (κ1) is 16.7. The van der Waals surface area contributed by atoms with Crippen molar-refractivity contribution in [3.05, 3.63) is 0 Å². The highest BCUT2D eigenvalue weighted by molar-refractivity contribution is 5.81. The third-order valence-electron chi connectivity index (χ3n) is 2.21. The van der Waals surface area contributed by atoms with Gasteiger partial charge in [0.25, 0.3) is 5.91 Å². The molecule has 0 saturated carbocycles. The van der Waals surface area contributed by atoms with Crippen LogP contribution in [0.25, 0.3) is 0 Å². The lowest BCUT2D eigenvalue weighted by molar-refractivity contribution is -0.178. The van der Waals surface area contributed by atoms with Gasteiger partial charge >= 0.3 is 6.09 Å². The molecule has 0 spiro atoms. The van der Waals surface area contributed by atoms with Crippen molar-refractivity contribution in [2.24, 2.45) is 5.41 Å². The van der Waals surface area contributed by atoms with Crippen LogP contribution in [0.3, 0.4) is 0 Å². The summed E-state index contributed by atoms with van der Waals surface area (Å²) < 4.78 is 5.09. The highest BCUT2D eigenvalue weighted by Crippen LogP contribution is 2.17. The van der Waals surface area contributed by atoms with Gasteiger partial charge in [-0.1, -0.05) is 0 Å². The minimum atomic E-state index is -0.762. The summed E-state index contributed by atoms with van der Waals surface area (Å²) in [5, 5.41) is 3.71. The van der Waals surface area contributed by atoms with Crippen LogP contribution in [0.4, 0.5) is 4.79 Å². The van der Waals surface area contributed by atoms with Gasteiger partial charge in [-0.15, -0.1) is 0 Å². The van der Waals surface area contributed by atoms with E-state index in [1.54, 1.807) is 34.6 Å². The van der Waals surface area contributed by atoms with E-state index < -0.39 is 17.1 Å². The SMILES string of the molecule is CON(C)C(=O)C(C)(C)CNC(=O)OC(C)(C)C. The molecule has 0 atom stereocenters. The van der Waals surface area contributed by atoms with Crippen molar-refractivity contribution in [2.75, 3.05) is 20.7 Å². The van der Waals surface area contributed by atoms with Gasteiger partial charge in [0.2, 0.25) is 0 Å². The van der Waals surface area contributed by atoms with Crippen molar-refractivity contribution < 1.29 is 19.2 Å². The van der Waals surface area contributed by atoms with Crippen LogP contribution in [-0.2, 0) is 14.4 Å². The minimum absolute atomic E-state index is 0.175. The fourth-order valence-corrected chi connectivity index (χ4v) is 1.19. The predicted molar refractivity (Wildman–Crippen MR) is 67.8 cm³/mol. The van der Waals surface area contributed by atoms with E-state index >= 15 is 0 Å². The van der Waals surface area contributed by atoms with Crippen LogP contribution in [0.15, 0.2) is 0 Å². The summed E-state index contributed by atoms with van der Waals surface area (Å²) in [5.74, 6) is -0.221. The zero-order chi connectivity index (χ0) is 14.6. The fraction of sp³-hybridized carbons (Fsp3) is 0.833. The number of amides is 2. The Bertz CT molecular complexity index is 308. The Morgan fingerprint density at radius 2 is 1.67 bits per heavy atom. The van der Waals surface area contributed by atoms with Crippen LogP contribution in [-0.4, -0.2) is 43.4 Å². The summed E-state index contributed by atoms with van der Waals surface area (Å²) in [6.45, 7) is 8.96. The summed E-state index contributed by atoms with van der Waals surface area (Å²) >= 11 is 0. The normalized spacial score (nSPS) is 11.9. The maximum atomic E-state index is 11.9. The van der Waals surface area contributed by atoms with Crippen molar-refractivity contribution in [1.82, 2.24) is 10.4 Å². The van der Waals surface area contributed by atoms with Crippen LogP contribution in [0.2, 0.25) is 0 Å². The Balaban J connectivity index is 4.35. The molecule has 0 aliphatic rings. The second-order valence-corrected chi connectivity index (χ2v) is 5.72. The average Bonchev–Trinajstić information content (AvgIpc) is 2.22. The number of rotatable bonds is 4. The van der Waals surface area contributed by atoms with Crippen molar-refractivity contribution in [2.45, 2.75) is 40.2 Å². The molecule has 6 nitrogen and oxygen atoms in total. The lowest BCUT2D eigenvalue weighted by Gasteiger charge is -2.28. The molecule has 18 heavy (non-hydrogen) atoms. The van der Waals surface area contributed by atoms with Gasteiger partial charge in [0.05, 0.1) is 12.5 Å². The first-order chi connectivity index (χ1) is 7.99. The summed E-state index contributed by atoms with van der Waals surface area (Å²) in [6.07, 6.45) is -0.538. The van der Waals surface area contributed by atoms with E-state index in [-0.39, 0.29) is 12.5 Å². The van der Waals surface area contributed by atoms with Gasteiger partial charge in [-0.05, 0) is 34.6 Å².